The molecule has 0 aromatic heterocycles. The van der Waals surface area contributed by atoms with Gasteiger partial charge in [0.05, 0.1) is 11.8 Å². The smallest absolute Gasteiger partial charge is 0.144 e. The van der Waals surface area contributed by atoms with Gasteiger partial charge in [0.1, 0.15) is 11.6 Å². The molecule has 0 bridgehead atoms. The molecule has 4 N–H and O–H groups in total. The van der Waals surface area contributed by atoms with E-state index in [1.165, 1.54) is 0 Å². The van der Waals surface area contributed by atoms with E-state index in [0.717, 1.165) is 12.1 Å². The number of anilines is 1. The maximum Gasteiger partial charge on any atom is 0.144 e. The molecule has 0 fully saturated rings. The number of phenols is 1. The van der Waals surface area contributed by atoms with Gasteiger partial charge in [-0.25, -0.2) is 4.39 Å². The quantitative estimate of drug-likeness (QED) is 0.483. The van der Waals surface area contributed by atoms with Gasteiger partial charge < -0.3 is 15.9 Å². The van der Waals surface area contributed by atoms with Gasteiger partial charge in [0, 0.05) is 11.6 Å². The van der Waals surface area contributed by atoms with Crippen molar-refractivity contribution in [2.24, 2.45) is 0 Å². The minimum absolute atomic E-state index is 0.0532. The van der Waals surface area contributed by atoms with Crippen LogP contribution in [0.1, 0.15) is 25.0 Å². The van der Waals surface area contributed by atoms with Crippen molar-refractivity contribution >= 4 is 5.69 Å². The molecule has 0 spiro atoms. The van der Waals surface area contributed by atoms with Crippen molar-refractivity contribution in [3.63, 3.8) is 0 Å². The maximum atomic E-state index is 12.8. The lowest BCUT2D eigenvalue weighted by molar-refractivity contribution is 0.169. The second kappa shape index (κ2) is 3.62. The Bertz CT molecular complexity index is 315. The number of phenolic OH excluding ortho intramolecular Hbond substituents is 1. The van der Waals surface area contributed by atoms with E-state index in [0.29, 0.717) is 6.42 Å². The molecule has 1 aromatic rings. The van der Waals surface area contributed by atoms with E-state index in [9.17, 15) is 14.6 Å². The van der Waals surface area contributed by atoms with Crippen LogP contribution >= 0.6 is 0 Å². The Labute approximate surface area is 75.6 Å². The molecule has 4 heteroatoms. The van der Waals surface area contributed by atoms with E-state index >= 15 is 0 Å². The molecule has 0 heterocycles. The molecule has 1 rings (SSSR count). The molecule has 0 saturated carbocycles. The zero-order valence-corrected chi connectivity index (χ0v) is 7.29. The normalized spacial score (nSPS) is 12.8. The Kier molecular flexibility index (Phi) is 2.72. The molecule has 0 saturated heterocycles. The predicted octanol–water partition coefficient (Wildman–Crippen LogP) is 1.56. The predicted molar refractivity (Wildman–Crippen MR) is 47.7 cm³/mol. The summed E-state index contributed by atoms with van der Waals surface area (Å²) in [7, 11) is 0. The van der Waals surface area contributed by atoms with Gasteiger partial charge in [0.25, 0.3) is 0 Å². The van der Waals surface area contributed by atoms with Crippen LogP contribution < -0.4 is 5.73 Å². The number of aliphatic hydroxyl groups excluding tert-OH is 1. The van der Waals surface area contributed by atoms with Crippen molar-refractivity contribution in [2.45, 2.75) is 19.4 Å². The fraction of sp³-hybridized carbons (Fsp3) is 0.333. The van der Waals surface area contributed by atoms with Gasteiger partial charge in [-0.1, -0.05) is 6.92 Å². The van der Waals surface area contributed by atoms with E-state index < -0.39 is 11.9 Å². The van der Waals surface area contributed by atoms with Gasteiger partial charge in [-0.3, -0.25) is 0 Å². The van der Waals surface area contributed by atoms with Crippen LogP contribution in [0, 0.1) is 5.82 Å². The van der Waals surface area contributed by atoms with Crippen LogP contribution in [0.5, 0.6) is 5.75 Å². The van der Waals surface area contributed by atoms with E-state index in [2.05, 4.69) is 0 Å². The Balaban J connectivity index is 3.20. The molecule has 0 aliphatic rings. The molecule has 1 unspecified atom stereocenters. The molecular weight excluding hydrogens is 173 g/mol. The van der Waals surface area contributed by atoms with Gasteiger partial charge in [-0.15, -0.1) is 0 Å². The van der Waals surface area contributed by atoms with Crippen LogP contribution in [0.25, 0.3) is 0 Å². The summed E-state index contributed by atoms with van der Waals surface area (Å²) in [6.07, 6.45) is -0.478. The molecule has 0 aliphatic heterocycles. The summed E-state index contributed by atoms with van der Waals surface area (Å²) >= 11 is 0. The molecule has 0 radical (unpaired) electrons. The first-order valence-corrected chi connectivity index (χ1v) is 4.02. The molecule has 13 heavy (non-hydrogen) atoms. The lowest BCUT2D eigenvalue weighted by Gasteiger charge is -2.11. The summed E-state index contributed by atoms with van der Waals surface area (Å²) < 4.78 is 12.8. The molecular formula is C9H12FNO2. The average Bonchev–Trinajstić information content (AvgIpc) is 2.10. The third-order valence-electron chi connectivity index (χ3n) is 1.88. The van der Waals surface area contributed by atoms with Crippen LogP contribution in [0.15, 0.2) is 12.1 Å². The minimum atomic E-state index is -0.877. The number of hydrogen-bond acceptors (Lipinski definition) is 3. The summed E-state index contributed by atoms with van der Waals surface area (Å²) in [5.41, 5.74) is 5.40. The highest BCUT2D eigenvalue weighted by Gasteiger charge is 2.13. The number of rotatable bonds is 2. The van der Waals surface area contributed by atoms with Crippen LogP contribution in [0.3, 0.4) is 0 Å². The van der Waals surface area contributed by atoms with Crippen LogP contribution in [0.4, 0.5) is 10.1 Å². The van der Waals surface area contributed by atoms with Crippen LogP contribution in [0.2, 0.25) is 0 Å². The fourth-order valence-electron chi connectivity index (χ4n) is 1.12. The van der Waals surface area contributed by atoms with Crippen molar-refractivity contribution in [3.8, 4) is 5.75 Å². The summed E-state index contributed by atoms with van der Waals surface area (Å²) in [6.45, 7) is 1.73. The number of aliphatic hydroxyl groups is 1. The Morgan fingerprint density at radius 1 is 1.54 bits per heavy atom. The van der Waals surface area contributed by atoms with Gasteiger partial charge in [0.15, 0.2) is 0 Å². The largest absolute Gasteiger partial charge is 0.505 e. The molecule has 3 nitrogen and oxygen atoms in total. The lowest BCUT2D eigenvalue weighted by atomic mass is 10.1. The second-order valence-electron chi connectivity index (χ2n) is 2.86. The Hall–Kier alpha value is -1.29. The summed E-state index contributed by atoms with van der Waals surface area (Å²) in [5, 5.41) is 18.7. The lowest BCUT2D eigenvalue weighted by Crippen LogP contribution is -1.99. The zero-order valence-electron chi connectivity index (χ0n) is 7.29. The monoisotopic (exact) mass is 185 g/mol. The third kappa shape index (κ3) is 1.89. The molecule has 0 amide bonds. The first-order chi connectivity index (χ1) is 6.06. The number of nitrogen functional groups attached to an aromatic ring is 1. The number of nitrogens with two attached hydrogens (primary N) is 1. The van der Waals surface area contributed by atoms with E-state index in [-0.39, 0.29) is 17.0 Å². The van der Waals surface area contributed by atoms with Gasteiger partial charge in [-0.05, 0) is 12.5 Å². The van der Waals surface area contributed by atoms with Gasteiger partial charge >= 0.3 is 0 Å². The maximum absolute atomic E-state index is 12.8. The first kappa shape index (κ1) is 9.80. The van der Waals surface area contributed by atoms with E-state index in [1.807, 2.05) is 0 Å². The molecule has 1 aromatic carbocycles. The topological polar surface area (TPSA) is 66.5 Å². The van der Waals surface area contributed by atoms with E-state index in [1.54, 1.807) is 6.92 Å². The summed E-state index contributed by atoms with van der Waals surface area (Å²) in [6, 6.07) is 2.10. The number of halogens is 1. The van der Waals surface area contributed by atoms with Crippen molar-refractivity contribution in [1.29, 1.82) is 0 Å². The fourth-order valence-corrected chi connectivity index (χ4v) is 1.12. The van der Waals surface area contributed by atoms with Gasteiger partial charge in [0.2, 0.25) is 0 Å². The highest BCUT2D eigenvalue weighted by Crippen LogP contribution is 2.32. The zero-order chi connectivity index (χ0) is 10.0. The SMILES string of the molecule is CCC(O)c1cc(F)cc(N)c1O. The molecule has 1 atom stereocenters. The molecule has 0 aliphatic carbocycles. The second-order valence-corrected chi connectivity index (χ2v) is 2.86. The van der Waals surface area contributed by atoms with Gasteiger partial charge in [-0.2, -0.15) is 0 Å². The minimum Gasteiger partial charge on any atom is -0.505 e. The summed E-state index contributed by atoms with van der Waals surface area (Å²) in [5.74, 6) is -0.798. The highest BCUT2D eigenvalue weighted by atomic mass is 19.1. The van der Waals surface area contributed by atoms with Crippen molar-refractivity contribution in [3.05, 3.63) is 23.5 Å². The third-order valence-corrected chi connectivity index (χ3v) is 1.88. The number of benzene rings is 1. The average molecular weight is 185 g/mol. The Morgan fingerprint density at radius 3 is 2.69 bits per heavy atom. The first-order valence-electron chi connectivity index (χ1n) is 4.02. The van der Waals surface area contributed by atoms with Crippen LogP contribution in [-0.4, -0.2) is 10.2 Å². The van der Waals surface area contributed by atoms with Crippen molar-refractivity contribution < 1.29 is 14.6 Å². The standard InChI is InChI=1S/C9H12FNO2/c1-2-8(12)6-3-5(10)4-7(11)9(6)13/h3-4,8,12-13H,2,11H2,1H3. The van der Waals surface area contributed by atoms with Crippen LogP contribution in [-0.2, 0) is 0 Å². The Morgan fingerprint density at radius 2 is 2.15 bits per heavy atom. The summed E-state index contributed by atoms with van der Waals surface area (Å²) in [4.78, 5) is 0. The van der Waals surface area contributed by atoms with Crippen molar-refractivity contribution in [2.75, 3.05) is 5.73 Å². The van der Waals surface area contributed by atoms with E-state index in [4.69, 9.17) is 5.73 Å². The number of aromatic hydroxyl groups is 1. The molecule has 72 valence electrons. The number of hydrogen-bond donors (Lipinski definition) is 3. The van der Waals surface area contributed by atoms with Crippen molar-refractivity contribution in [1.82, 2.24) is 0 Å². The highest BCUT2D eigenvalue weighted by molar-refractivity contribution is 5.56.